The summed E-state index contributed by atoms with van der Waals surface area (Å²) in [7, 11) is 0. The van der Waals surface area contributed by atoms with Crippen LogP contribution in [0.5, 0.6) is 5.75 Å². The molecule has 120 valence electrons. The number of pyridine rings is 1. The Kier molecular flexibility index (Phi) is 6.07. The number of nitrogens with one attached hydrogen (secondary N) is 1. The summed E-state index contributed by atoms with van der Waals surface area (Å²) in [4.78, 5) is 4.60. The maximum absolute atomic E-state index is 5.61. The number of halogens is 2. The number of aromatic nitrogens is 1. The summed E-state index contributed by atoms with van der Waals surface area (Å²) in [6.07, 6.45) is 0. The highest BCUT2D eigenvalue weighted by molar-refractivity contribution is 14.1. The van der Waals surface area contributed by atoms with Gasteiger partial charge >= 0.3 is 0 Å². The first-order chi connectivity index (χ1) is 10.7. The third-order valence-electron chi connectivity index (χ3n) is 3.34. The van der Waals surface area contributed by atoms with Crippen LogP contribution in [-0.4, -0.2) is 11.6 Å². The maximum Gasteiger partial charge on any atom is 0.120 e. The molecule has 0 radical (unpaired) electrons. The van der Waals surface area contributed by atoms with Gasteiger partial charge in [0.05, 0.1) is 12.1 Å². The average Bonchev–Trinajstić information content (AvgIpc) is 2.50. The molecule has 1 N–H and O–H groups in total. The van der Waals surface area contributed by atoms with Gasteiger partial charge < -0.3 is 22.5 Å². The van der Waals surface area contributed by atoms with Crippen LogP contribution in [0, 0.1) is 10.5 Å². The van der Waals surface area contributed by atoms with Crippen LogP contribution in [0.4, 0.5) is 11.4 Å². The Balaban J connectivity index is 0.00000192. The number of benzene rings is 2. The normalized spacial score (nSPS) is 10.2. The molecule has 3 aromatic rings. The van der Waals surface area contributed by atoms with Crippen LogP contribution in [0.1, 0.15) is 12.6 Å². The van der Waals surface area contributed by atoms with Gasteiger partial charge in [0.15, 0.2) is 0 Å². The Labute approximate surface area is 156 Å². The van der Waals surface area contributed by atoms with Crippen LogP contribution in [0.3, 0.4) is 0 Å². The van der Waals surface area contributed by atoms with E-state index in [9.17, 15) is 0 Å². The van der Waals surface area contributed by atoms with Gasteiger partial charge in [-0.15, -0.1) is 0 Å². The van der Waals surface area contributed by atoms with Gasteiger partial charge in [0.25, 0.3) is 0 Å². The predicted molar refractivity (Wildman–Crippen MR) is 100 cm³/mol. The monoisotopic (exact) mass is 439 g/mol. The fraction of sp³-hybridized carbons (Fsp3) is 0.167. The second kappa shape index (κ2) is 7.84. The van der Waals surface area contributed by atoms with Crippen LogP contribution in [0.25, 0.3) is 10.9 Å². The molecular weight excluding hydrogens is 423 g/mol. The number of hydrogen-bond acceptors (Lipinski definition) is 3. The summed E-state index contributed by atoms with van der Waals surface area (Å²) in [5, 5.41) is 4.55. The third kappa shape index (κ3) is 4.26. The molecule has 2 aromatic carbocycles. The second-order valence-corrected chi connectivity index (χ2v) is 6.30. The summed E-state index contributed by atoms with van der Waals surface area (Å²) in [6.45, 7) is 4.65. The molecule has 0 saturated heterocycles. The third-order valence-corrected chi connectivity index (χ3v) is 4.06. The zero-order valence-electron chi connectivity index (χ0n) is 12.9. The molecule has 1 heterocycles. The lowest BCUT2D eigenvalue weighted by molar-refractivity contribution is -0.00000496. The molecule has 0 spiro atoms. The molecule has 0 fully saturated rings. The molecule has 0 saturated carbocycles. The van der Waals surface area contributed by atoms with Crippen LogP contribution in [0.2, 0.25) is 0 Å². The van der Waals surface area contributed by atoms with E-state index in [0.717, 1.165) is 33.7 Å². The van der Waals surface area contributed by atoms with Crippen molar-refractivity contribution in [2.24, 2.45) is 0 Å². The Morgan fingerprint density at radius 1 is 1.09 bits per heavy atom. The molecule has 1 aromatic heterocycles. The Morgan fingerprint density at radius 3 is 2.52 bits per heavy atom. The predicted octanol–water partition coefficient (Wildman–Crippen LogP) is 2.29. The SMILES string of the molecule is CCOc1ccc2nc(C)cc(Nc3ccc(I)cc3)c2c1.[Cl-]. The van der Waals surface area contributed by atoms with Gasteiger partial charge in [0.2, 0.25) is 0 Å². The van der Waals surface area contributed by atoms with Crippen molar-refractivity contribution >= 4 is 44.9 Å². The van der Waals surface area contributed by atoms with Crippen molar-refractivity contribution < 1.29 is 17.1 Å². The van der Waals surface area contributed by atoms with Crippen molar-refractivity contribution in [1.82, 2.24) is 4.98 Å². The summed E-state index contributed by atoms with van der Waals surface area (Å²) >= 11 is 2.31. The second-order valence-electron chi connectivity index (χ2n) is 5.06. The zero-order chi connectivity index (χ0) is 15.5. The average molecular weight is 440 g/mol. The highest BCUT2D eigenvalue weighted by Gasteiger charge is 2.06. The van der Waals surface area contributed by atoms with E-state index in [1.54, 1.807) is 0 Å². The number of hydrogen-bond donors (Lipinski definition) is 1. The van der Waals surface area contributed by atoms with E-state index >= 15 is 0 Å². The molecule has 23 heavy (non-hydrogen) atoms. The van der Waals surface area contributed by atoms with Crippen molar-refractivity contribution in [2.45, 2.75) is 13.8 Å². The fourth-order valence-corrected chi connectivity index (χ4v) is 2.75. The number of fused-ring (bicyclic) bond motifs is 1. The number of aryl methyl sites for hydroxylation is 1. The van der Waals surface area contributed by atoms with Gasteiger partial charge in [0, 0.05) is 26.0 Å². The Morgan fingerprint density at radius 2 is 1.83 bits per heavy atom. The highest BCUT2D eigenvalue weighted by Crippen LogP contribution is 2.29. The molecule has 0 aliphatic carbocycles. The van der Waals surface area contributed by atoms with Crippen LogP contribution in [0.15, 0.2) is 48.5 Å². The first-order valence-electron chi connectivity index (χ1n) is 7.22. The topological polar surface area (TPSA) is 34.1 Å². The lowest BCUT2D eigenvalue weighted by Crippen LogP contribution is -3.00. The van der Waals surface area contributed by atoms with Gasteiger partial charge in [-0.1, -0.05) is 0 Å². The Bertz CT molecular complexity index is 806. The molecule has 0 unspecified atom stereocenters. The van der Waals surface area contributed by atoms with E-state index in [1.807, 2.05) is 32.0 Å². The zero-order valence-corrected chi connectivity index (χ0v) is 15.9. The van der Waals surface area contributed by atoms with Gasteiger partial charge in [-0.3, -0.25) is 4.98 Å². The highest BCUT2D eigenvalue weighted by atomic mass is 127. The van der Waals surface area contributed by atoms with Crippen LogP contribution in [-0.2, 0) is 0 Å². The molecule has 5 heteroatoms. The van der Waals surface area contributed by atoms with E-state index in [4.69, 9.17) is 4.74 Å². The number of nitrogens with zero attached hydrogens (tertiary/aromatic N) is 1. The van der Waals surface area contributed by atoms with Gasteiger partial charge in [-0.25, -0.2) is 0 Å². The molecule has 0 bridgehead atoms. The van der Waals surface area contributed by atoms with E-state index in [1.165, 1.54) is 3.57 Å². The summed E-state index contributed by atoms with van der Waals surface area (Å²) < 4.78 is 6.83. The van der Waals surface area contributed by atoms with E-state index in [-0.39, 0.29) is 12.4 Å². The molecule has 3 nitrogen and oxygen atoms in total. The van der Waals surface area contributed by atoms with Gasteiger partial charge in [0.1, 0.15) is 5.75 Å². The number of anilines is 2. The molecule has 0 amide bonds. The lowest BCUT2D eigenvalue weighted by atomic mass is 10.1. The quantitative estimate of drug-likeness (QED) is 0.634. The number of rotatable bonds is 4. The van der Waals surface area contributed by atoms with Crippen molar-refractivity contribution in [3.05, 3.63) is 57.8 Å². The molecular formula is C18H17ClIN2O-. The van der Waals surface area contributed by atoms with E-state index < -0.39 is 0 Å². The van der Waals surface area contributed by atoms with Crippen molar-refractivity contribution in [3.8, 4) is 5.75 Å². The van der Waals surface area contributed by atoms with E-state index in [2.05, 4.69) is 63.2 Å². The van der Waals surface area contributed by atoms with Crippen molar-refractivity contribution in [3.63, 3.8) is 0 Å². The summed E-state index contributed by atoms with van der Waals surface area (Å²) in [6, 6.07) is 16.4. The van der Waals surface area contributed by atoms with Crippen LogP contribution < -0.4 is 22.5 Å². The smallest absolute Gasteiger partial charge is 0.120 e. The fourth-order valence-electron chi connectivity index (χ4n) is 2.39. The Hall–Kier alpha value is -1.53. The molecule has 0 aliphatic heterocycles. The first kappa shape index (κ1) is 17.8. The van der Waals surface area contributed by atoms with Gasteiger partial charge in [-0.05, 0) is 85.0 Å². The molecule has 0 aliphatic rings. The molecule has 3 rings (SSSR count). The van der Waals surface area contributed by atoms with Gasteiger partial charge in [-0.2, -0.15) is 0 Å². The van der Waals surface area contributed by atoms with Crippen molar-refractivity contribution in [2.75, 3.05) is 11.9 Å². The summed E-state index contributed by atoms with van der Waals surface area (Å²) in [5.41, 5.74) is 4.07. The summed E-state index contributed by atoms with van der Waals surface area (Å²) in [5.74, 6) is 0.867. The maximum atomic E-state index is 5.61. The standard InChI is InChI=1S/C18H17IN2O.ClH/c1-3-22-15-8-9-17-16(11-15)18(10-12(2)20-17)21-14-6-4-13(19)5-7-14;/h4-11H,3H2,1-2H3,(H,20,21);1H/p-1. The molecule has 0 atom stereocenters. The van der Waals surface area contributed by atoms with Crippen LogP contribution >= 0.6 is 22.6 Å². The number of ether oxygens (including phenoxy) is 1. The largest absolute Gasteiger partial charge is 1.00 e. The minimum Gasteiger partial charge on any atom is -1.00 e. The lowest BCUT2D eigenvalue weighted by Gasteiger charge is -2.12. The van der Waals surface area contributed by atoms with E-state index in [0.29, 0.717) is 6.61 Å². The minimum atomic E-state index is 0. The minimum absolute atomic E-state index is 0. The van der Waals surface area contributed by atoms with Crippen molar-refractivity contribution in [1.29, 1.82) is 0 Å². The first-order valence-corrected chi connectivity index (χ1v) is 8.30.